The molecule has 0 aromatic heterocycles. The highest BCUT2D eigenvalue weighted by Crippen LogP contribution is 2.29. The Bertz CT molecular complexity index is 508. The van der Waals surface area contributed by atoms with Crippen LogP contribution in [0.4, 0.5) is 0 Å². The molecule has 88 valence electrons. The molecule has 2 rings (SSSR count). The van der Waals surface area contributed by atoms with Crippen LogP contribution < -0.4 is 0 Å². The second kappa shape index (κ2) is 5.87. The van der Waals surface area contributed by atoms with E-state index in [1.165, 1.54) is 20.3 Å². The van der Waals surface area contributed by atoms with E-state index in [-0.39, 0.29) is 5.38 Å². The first-order valence-corrected chi connectivity index (χ1v) is 7.13. The summed E-state index contributed by atoms with van der Waals surface area (Å²) in [5, 5.41) is 0.0456. The Kier molecular flexibility index (Phi) is 4.46. The third-order valence-corrected chi connectivity index (χ3v) is 4.27. The van der Waals surface area contributed by atoms with Gasteiger partial charge in [0.05, 0.1) is 5.38 Å². The van der Waals surface area contributed by atoms with Crippen LogP contribution in [0.15, 0.2) is 48.5 Å². The molecule has 0 amide bonds. The highest BCUT2D eigenvalue weighted by Gasteiger charge is 2.12. The van der Waals surface area contributed by atoms with Gasteiger partial charge in [-0.1, -0.05) is 42.5 Å². The molecular weight excluding hydrogens is 343 g/mol. The lowest BCUT2D eigenvalue weighted by Crippen LogP contribution is -1.99. The van der Waals surface area contributed by atoms with Crippen LogP contribution in [-0.2, 0) is 6.42 Å². The van der Waals surface area contributed by atoms with Crippen molar-refractivity contribution in [3.05, 3.63) is 68.8 Å². The molecular formula is C15H14ClI. The Morgan fingerprint density at radius 3 is 2.41 bits per heavy atom. The molecule has 1 atom stereocenters. The zero-order valence-corrected chi connectivity index (χ0v) is 12.6. The Hall–Kier alpha value is -0.540. The van der Waals surface area contributed by atoms with E-state index in [1.807, 2.05) is 12.1 Å². The van der Waals surface area contributed by atoms with Crippen LogP contribution in [0, 0.1) is 10.5 Å². The van der Waals surface area contributed by atoms with Crippen LogP contribution in [0.3, 0.4) is 0 Å². The number of aryl methyl sites for hydroxylation is 1. The summed E-state index contributed by atoms with van der Waals surface area (Å²) in [6.07, 6.45) is 0.883. The maximum Gasteiger partial charge on any atom is 0.0635 e. The summed E-state index contributed by atoms with van der Waals surface area (Å²) in [6, 6.07) is 16.7. The van der Waals surface area contributed by atoms with Gasteiger partial charge in [0, 0.05) is 3.57 Å². The van der Waals surface area contributed by atoms with Gasteiger partial charge in [-0.25, -0.2) is 0 Å². The van der Waals surface area contributed by atoms with Gasteiger partial charge >= 0.3 is 0 Å². The average molecular weight is 357 g/mol. The van der Waals surface area contributed by atoms with Crippen molar-refractivity contribution in [3.63, 3.8) is 0 Å². The molecule has 1 unspecified atom stereocenters. The van der Waals surface area contributed by atoms with Crippen molar-refractivity contribution in [2.24, 2.45) is 0 Å². The Morgan fingerprint density at radius 1 is 1.06 bits per heavy atom. The third-order valence-electron chi connectivity index (χ3n) is 2.90. The Morgan fingerprint density at radius 2 is 1.71 bits per heavy atom. The molecule has 0 bridgehead atoms. The summed E-state index contributed by atoms with van der Waals surface area (Å²) in [7, 11) is 0. The van der Waals surface area contributed by atoms with Crippen molar-refractivity contribution in [3.8, 4) is 0 Å². The molecule has 0 nitrogen and oxygen atoms in total. The first kappa shape index (κ1) is 12.9. The lowest BCUT2D eigenvalue weighted by atomic mass is 10.0. The molecule has 0 saturated carbocycles. The van der Waals surface area contributed by atoms with Crippen molar-refractivity contribution < 1.29 is 0 Å². The zero-order valence-electron chi connectivity index (χ0n) is 9.66. The van der Waals surface area contributed by atoms with Crippen LogP contribution >= 0.6 is 34.2 Å². The fraction of sp³-hybridized carbons (Fsp3) is 0.200. The molecule has 0 fully saturated rings. The minimum absolute atomic E-state index is 0.0456. The Balaban J connectivity index is 2.20. The first-order valence-electron chi connectivity index (χ1n) is 5.61. The van der Waals surface area contributed by atoms with E-state index < -0.39 is 0 Å². The monoisotopic (exact) mass is 356 g/mol. The highest BCUT2D eigenvalue weighted by molar-refractivity contribution is 14.1. The van der Waals surface area contributed by atoms with Gasteiger partial charge in [0.25, 0.3) is 0 Å². The summed E-state index contributed by atoms with van der Waals surface area (Å²) >= 11 is 8.86. The van der Waals surface area contributed by atoms with Crippen molar-refractivity contribution in [2.45, 2.75) is 18.7 Å². The normalized spacial score (nSPS) is 12.4. The number of halogens is 2. The molecule has 2 aromatic rings. The summed E-state index contributed by atoms with van der Waals surface area (Å²) in [5.74, 6) is 0. The van der Waals surface area contributed by atoms with Gasteiger partial charge in [-0.2, -0.15) is 0 Å². The van der Waals surface area contributed by atoms with Gasteiger partial charge in [0.2, 0.25) is 0 Å². The van der Waals surface area contributed by atoms with Gasteiger partial charge in [0.1, 0.15) is 0 Å². The summed E-state index contributed by atoms with van der Waals surface area (Å²) in [4.78, 5) is 0. The van der Waals surface area contributed by atoms with E-state index in [1.54, 1.807) is 0 Å². The average Bonchev–Trinajstić information content (AvgIpc) is 2.32. The molecule has 2 heteroatoms. The first-order chi connectivity index (χ1) is 8.18. The number of benzene rings is 2. The van der Waals surface area contributed by atoms with E-state index in [2.05, 4.69) is 65.9 Å². The smallest absolute Gasteiger partial charge is 0.0635 e. The van der Waals surface area contributed by atoms with Crippen LogP contribution in [0.5, 0.6) is 0 Å². The van der Waals surface area contributed by atoms with Gasteiger partial charge in [0.15, 0.2) is 0 Å². The SMILES string of the molecule is Cc1ccccc1CC(Cl)c1ccccc1I. The molecule has 0 N–H and O–H groups in total. The van der Waals surface area contributed by atoms with E-state index in [0.29, 0.717) is 0 Å². The molecule has 0 radical (unpaired) electrons. The summed E-state index contributed by atoms with van der Waals surface area (Å²) in [6.45, 7) is 2.13. The molecule has 0 aliphatic carbocycles. The number of hydrogen-bond donors (Lipinski definition) is 0. The van der Waals surface area contributed by atoms with Crippen LogP contribution in [0.2, 0.25) is 0 Å². The van der Waals surface area contributed by atoms with E-state index in [0.717, 1.165) is 6.42 Å². The lowest BCUT2D eigenvalue weighted by molar-refractivity contribution is 0.905. The minimum atomic E-state index is 0.0456. The predicted octanol–water partition coefficient (Wildman–Crippen LogP) is 5.12. The van der Waals surface area contributed by atoms with Crippen LogP contribution in [0.25, 0.3) is 0 Å². The number of hydrogen-bond acceptors (Lipinski definition) is 0. The van der Waals surface area contributed by atoms with Crippen LogP contribution in [0.1, 0.15) is 22.1 Å². The molecule has 0 saturated heterocycles. The molecule has 0 aliphatic rings. The number of alkyl halides is 1. The van der Waals surface area contributed by atoms with Crippen molar-refractivity contribution >= 4 is 34.2 Å². The van der Waals surface area contributed by atoms with Gasteiger partial charge in [-0.15, -0.1) is 11.6 Å². The maximum absolute atomic E-state index is 6.51. The number of rotatable bonds is 3. The topological polar surface area (TPSA) is 0 Å². The predicted molar refractivity (Wildman–Crippen MR) is 82.6 cm³/mol. The Labute approximate surface area is 121 Å². The van der Waals surface area contributed by atoms with Gasteiger partial charge in [-0.3, -0.25) is 0 Å². The van der Waals surface area contributed by atoms with Crippen molar-refractivity contribution in [1.29, 1.82) is 0 Å². The molecule has 0 heterocycles. The summed E-state index contributed by atoms with van der Waals surface area (Å²) in [5.41, 5.74) is 3.86. The minimum Gasteiger partial charge on any atom is -0.117 e. The molecule has 2 aromatic carbocycles. The summed E-state index contributed by atoms with van der Waals surface area (Å²) < 4.78 is 1.23. The van der Waals surface area contributed by atoms with E-state index in [4.69, 9.17) is 11.6 Å². The molecule has 17 heavy (non-hydrogen) atoms. The molecule has 0 spiro atoms. The third kappa shape index (κ3) is 3.23. The fourth-order valence-electron chi connectivity index (χ4n) is 1.87. The van der Waals surface area contributed by atoms with Crippen molar-refractivity contribution in [2.75, 3.05) is 0 Å². The van der Waals surface area contributed by atoms with Crippen LogP contribution in [-0.4, -0.2) is 0 Å². The van der Waals surface area contributed by atoms with Gasteiger partial charge < -0.3 is 0 Å². The second-order valence-electron chi connectivity index (χ2n) is 4.12. The van der Waals surface area contributed by atoms with Gasteiger partial charge in [-0.05, 0) is 58.7 Å². The lowest BCUT2D eigenvalue weighted by Gasteiger charge is -2.13. The zero-order chi connectivity index (χ0) is 12.3. The van der Waals surface area contributed by atoms with Crippen molar-refractivity contribution in [1.82, 2.24) is 0 Å². The second-order valence-corrected chi connectivity index (χ2v) is 5.81. The quantitative estimate of drug-likeness (QED) is 0.529. The fourth-order valence-corrected chi connectivity index (χ4v) is 3.18. The molecule has 0 aliphatic heterocycles. The largest absolute Gasteiger partial charge is 0.117 e. The van der Waals surface area contributed by atoms with E-state index in [9.17, 15) is 0 Å². The standard InChI is InChI=1S/C15H14ClI/c1-11-6-2-3-7-12(11)10-14(16)13-8-4-5-9-15(13)17/h2-9,14H,10H2,1H3. The highest BCUT2D eigenvalue weighted by atomic mass is 127. The maximum atomic E-state index is 6.51. The van der Waals surface area contributed by atoms with E-state index >= 15 is 0 Å².